The number of rotatable bonds is 8. The van der Waals surface area contributed by atoms with Gasteiger partial charge in [0, 0.05) is 42.3 Å². The van der Waals surface area contributed by atoms with Crippen molar-refractivity contribution in [3.8, 4) is 16.3 Å². The fourth-order valence-corrected chi connectivity index (χ4v) is 4.44. The molecule has 10 heteroatoms. The lowest BCUT2D eigenvalue weighted by atomic mass is 10.1. The van der Waals surface area contributed by atoms with Gasteiger partial charge in [-0.3, -0.25) is 19.8 Å². The molecule has 33 heavy (non-hydrogen) atoms. The van der Waals surface area contributed by atoms with Crippen LogP contribution in [0.3, 0.4) is 0 Å². The minimum absolute atomic E-state index is 0.0732. The van der Waals surface area contributed by atoms with E-state index in [4.69, 9.17) is 9.47 Å². The zero-order valence-corrected chi connectivity index (χ0v) is 19.0. The van der Waals surface area contributed by atoms with Crippen LogP contribution in [0.5, 0.6) is 5.75 Å². The number of hydrogen-bond donors (Lipinski definition) is 1. The molecule has 9 nitrogen and oxygen atoms in total. The first kappa shape index (κ1) is 22.8. The Balaban J connectivity index is 1.39. The summed E-state index contributed by atoms with van der Waals surface area (Å²) in [6.07, 6.45) is 0.0732. The van der Waals surface area contributed by atoms with Gasteiger partial charge in [-0.25, -0.2) is 4.98 Å². The van der Waals surface area contributed by atoms with Crippen molar-refractivity contribution in [3.63, 3.8) is 0 Å². The van der Waals surface area contributed by atoms with Gasteiger partial charge in [-0.05, 0) is 23.8 Å². The van der Waals surface area contributed by atoms with Gasteiger partial charge in [-0.1, -0.05) is 18.2 Å². The standard InChI is InChI=1S/C23H24N4O5S/c1-31-21-6-5-18(12-20(21)27(29)30)24-22(28)13-19-15-33-23(25-19)17-4-2-3-16(11-17)14-26-7-9-32-10-8-26/h2-6,11-12,15H,7-10,13-14H2,1H3,(H,24,28). The number of amides is 1. The summed E-state index contributed by atoms with van der Waals surface area (Å²) in [5.41, 5.74) is 3.00. The molecule has 1 amide bonds. The summed E-state index contributed by atoms with van der Waals surface area (Å²) < 4.78 is 10.4. The van der Waals surface area contributed by atoms with Crippen molar-refractivity contribution in [2.45, 2.75) is 13.0 Å². The lowest BCUT2D eigenvalue weighted by Crippen LogP contribution is -2.35. The van der Waals surface area contributed by atoms with Gasteiger partial charge >= 0.3 is 5.69 Å². The van der Waals surface area contributed by atoms with E-state index in [1.165, 1.54) is 36.1 Å². The molecule has 0 radical (unpaired) electrons. The minimum Gasteiger partial charge on any atom is -0.490 e. The molecule has 1 aliphatic heterocycles. The monoisotopic (exact) mass is 468 g/mol. The SMILES string of the molecule is COc1ccc(NC(=O)Cc2csc(-c3cccc(CN4CCOCC4)c3)n2)cc1[N+](=O)[O-]. The van der Waals surface area contributed by atoms with Gasteiger partial charge in [-0.2, -0.15) is 0 Å². The molecule has 1 saturated heterocycles. The maximum Gasteiger partial charge on any atom is 0.312 e. The second kappa shape index (κ2) is 10.5. The van der Waals surface area contributed by atoms with E-state index in [0.717, 1.165) is 43.4 Å². The molecule has 3 aromatic rings. The van der Waals surface area contributed by atoms with Gasteiger partial charge in [0.2, 0.25) is 5.91 Å². The normalized spacial score (nSPS) is 14.1. The predicted octanol–water partition coefficient (Wildman–Crippen LogP) is 3.74. The van der Waals surface area contributed by atoms with Crippen molar-refractivity contribution < 1.29 is 19.2 Å². The Kier molecular flexibility index (Phi) is 7.28. The van der Waals surface area contributed by atoms with Gasteiger partial charge in [0.1, 0.15) is 5.01 Å². The van der Waals surface area contributed by atoms with Crippen LogP contribution >= 0.6 is 11.3 Å². The summed E-state index contributed by atoms with van der Waals surface area (Å²) in [6, 6.07) is 12.6. The zero-order valence-electron chi connectivity index (χ0n) is 18.2. The largest absolute Gasteiger partial charge is 0.490 e. The number of methoxy groups -OCH3 is 1. The third kappa shape index (κ3) is 5.92. The number of benzene rings is 2. The molecular weight excluding hydrogens is 444 g/mol. The summed E-state index contributed by atoms with van der Waals surface area (Å²) in [5, 5.41) is 16.6. The predicted molar refractivity (Wildman–Crippen MR) is 126 cm³/mol. The molecule has 0 spiro atoms. The Bertz CT molecular complexity index is 1140. The summed E-state index contributed by atoms with van der Waals surface area (Å²) >= 11 is 1.49. The van der Waals surface area contributed by atoms with Crippen molar-refractivity contribution in [2.75, 3.05) is 38.7 Å². The topological polar surface area (TPSA) is 107 Å². The molecule has 0 unspecified atom stereocenters. The van der Waals surface area contributed by atoms with Crippen LogP contribution in [0.2, 0.25) is 0 Å². The molecule has 1 N–H and O–H groups in total. The van der Waals surface area contributed by atoms with E-state index >= 15 is 0 Å². The number of anilines is 1. The summed E-state index contributed by atoms with van der Waals surface area (Å²) in [4.78, 5) is 30.1. The van der Waals surface area contributed by atoms with Crippen LogP contribution in [0.1, 0.15) is 11.3 Å². The Morgan fingerprint density at radius 3 is 2.85 bits per heavy atom. The van der Waals surface area contributed by atoms with Gasteiger partial charge < -0.3 is 14.8 Å². The Labute approximate surface area is 195 Å². The molecule has 0 aliphatic carbocycles. The van der Waals surface area contributed by atoms with E-state index in [-0.39, 0.29) is 23.8 Å². The molecule has 2 aromatic carbocycles. The molecule has 0 bridgehead atoms. The number of carbonyl (C=O) groups excluding carboxylic acids is 1. The molecular formula is C23H24N4O5S. The Hall–Kier alpha value is -3.34. The number of nitro benzene ring substituents is 1. The van der Waals surface area contributed by atoms with E-state index in [2.05, 4.69) is 27.3 Å². The van der Waals surface area contributed by atoms with E-state index < -0.39 is 4.92 Å². The van der Waals surface area contributed by atoms with Crippen LogP contribution in [0.4, 0.5) is 11.4 Å². The summed E-state index contributed by atoms with van der Waals surface area (Å²) in [6.45, 7) is 4.25. The average molecular weight is 469 g/mol. The van der Waals surface area contributed by atoms with Gasteiger partial charge in [0.05, 0.1) is 37.4 Å². The van der Waals surface area contributed by atoms with E-state index in [0.29, 0.717) is 11.4 Å². The number of nitrogens with zero attached hydrogens (tertiary/aromatic N) is 3. The van der Waals surface area contributed by atoms with Gasteiger partial charge in [0.15, 0.2) is 5.75 Å². The fraction of sp³-hybridized carbons (Fsp3) is 0.304. The van der Waals surface area contributed by atoms with Crippen LogP contribution in [-0.4, -0.2) is 54.1 Å². The summed E-state index contributed by atoms with van der Waals surface area (Å²) in [5.74, 6) is -0.162. The number of aromatic nitrogens is 1. The number of thiazole rings is 1. The van der Waals surface area contributed by atoms with Crippen molar-refractivity contribution >= 4 is 28.6 Å². The highest BCUT2D eigenvalue weighted by molar-refractivity contribution is 7.13. The highest BCUT2D eigenvalue weighted by Crippen LogP contribution is 2.30. The second-order valence-electron chi connectivity index (χ2n) is 7.60. The molecule has 1 aromatic heterocycles. The van der Waals surface area contributed by atoms with Crippen LogP contribution in [0.15, 0.2) is 47.8 Å². The number of hydrogen-bond acceptors (Lipinski definition) is 8. The minimum atomic E-state index is -0.547. The van der Waals surface area contributed by atoms with Crippen LogP contribution in [0.25, 0.3) is 10.6 Å². The summed E-state index contributed by atoms with van der Waals surface area (Å²) in [7, 11) is 1.36. The third-order valence-electron chi connectivity index (χ3n) is 5.24. The van der Waals surface area contributed by atoms with Crippen molar-refractivity contribution in [2.24, 2.45) is 0 Å². The number of ether oxygens (including phenoxy) is 2. The third-order valence-corrected chi connectivity index (χ3v) is 6.18. The van der Waals surface area contributed by atoms with Crippen LogP contribution < -0.4 is 10.1 Å². The number of nitrogens with one attached hydrogen (secondary N) is 1. The highest BCUT2D eigenvalue weighted by atomic mass is 32.1. The number of carbonyl (C=O) groups is 1. The lowest BCUT2D eigenvalue weighted by Gasteiger charge is -2.26. The second-order valence-corrected chi connectivity index (χ2v) is 8.46. The Morgan fingerprint density at radius 2 is 2.09 bits per heavy atom. The van der Waals surface area contributed by atoms with Gasteiger partial charge in [0.25, 0.3) is 0 Å². The molecule has 1 fully saturated rings. The van der Waals surface area contributed by atoms with Gasteiger partial charge in [-0.15, -0.1) is 11.3 Å². The highest BCUT2D eigenvalue weighted by Gasteiger charge is 2.17. The fourth-order valence-electron chi connectivity index (χ4n) is 3.62. The molecule has 4 rings (SSSR count). The zero-order chi connectivity index (χ0) is 23.2. The average Bonchev–Trinajstić information content (AvgIpc) is 3.28. The first-order valence-electron chi connectivity index (χ1n) is 10.5. The molecule has 0 saturated carbocycles. The smallest absolute Gasteiger partial charge is 0.312 e. The van der Waals surface area contributed by atoms with Crippen LogP contribution in [0, 0.1) is 10.1 Å². The van der Waals surface area contributed by atoms with Crippen molar-refractivity contribution in [1.82, 2.24) is 9.88 Å². The number of morpholine rings is 1. The van der Waals surface area contributed by atoms with Crippen molar-refractivity contribution in [1.29, 1.82) is 0 Å². The molecule has 0 atom stereocenters. The maximum atomic E-state index is 12.5. The Morgan fingerprint density at radius 1 is 1.27 bits per heavy atom. The lowest BCUT2D eigenvalue weighted by molar-refractivity contribution is -0.385. The van der Waals surface area contributed by atoms with E-state index in [1.54, 1.807) is 6.07 Å². The first-order chi connectivity index (χ1) is 16.0. The van der Waals surface area contributed by atoms with Crippen LogP contribution in [-0.2, 0) is 22.5 Å². The van der Waals surface area contributed by atoms with E-state index in [1.807, 2.05) is 17.5 Å². The molecule has 2 heterocycles. The maximum absolute atomic E-state index is 12.5. The molecule has 172 valence electrons. The first-order valence-corrected chi connectivity index (χ1v) is 11.4. The van der Waals surface area contributed by atoms with E-state index in [9.17, 15) is 14.9 Å². The quantitative estimate of drug-likeness (QED) is 0.396. The molecule has 1 aliphatic rings. The van der Waals surface area contributed by atoms with Crippen molar-refractivity contribution in [3.05, 3.63) is 69.2 Å². The number of nitro groups is 1.